The number of nitrogens with zero attached hydrogens (tertiary/aromatic N) is 5. The van der Waals surface area contributed by atoms with Crippen LogP contribution in [0.15, 0.2) is 89.1 Å². The Labute approximate surface area is 204 Å². The molecule has 1 aromatic heterocycles. The molecule has 10 nitrogen and oxygen atoms in total. The first-order chi connectivity index (χ1) is 17.0. The van der Waals surface area contributed by atoms with Gasteiger partial charge >= 0.3 is 0 Å². The molecule has 35 heavy (non-hydrogen) atoms. The molecule has 0 aliphatic carbocycles. The van der Waals surface area contributed by atoms with Gasteiger partial charge in [0.1, 0.15) is 5.75 Å². The minimum Gasteiger partial charge on any atom is -0.497 e. The maximum atomic E-state index is 12.4. The normalized spacial score (nSPS) is 10.9. The number of rotatable bonds is 9. The second-order valence-corrected chi connectivity index (χ2v) is 8.08. The average Bonchev–Trinajstić information content (AvgIpc) is 3.32. The van der Waals surface area contributed by atoms with Crippen LogP contribution in [0.5, 0.6) is 5.75 Å². The Morgan fingerprint density at radius 1 is 1.11 bits per heavy atom. The smallest absolute Gasteiger partial charge is 0.270 e. The number of benzene rings is 3. The number of carbonyl (C=O) groups excluding carboxylic acids is 1. The maximum Gasteiger partial charge on any atom is 0.270 e. The van der Waals surface area contributed by atoms with Crippen molar-refractivity contribution in [2.75, 3.05) is 12.9 Å². The van der Waals surface area contributed by atoms with Gasteiger partial charge in [0.2, 0.25) is 0 Å². The van der Waals surface area contributed by atoms with Crippen LogP contribution in [-0.2, 0) is 4.79 Å². The second-order valence-electron chi connectivity index (χ2n) is 7.14. The van der Waals surface area contributed by atoms with Gasteiger partial charge in [-0.1, -0.05) is 54.2 Å². The maximum absolute atomic E-state index is 12.4. The Morgan fingerprint density at radius 2 is 1.89 bits per heavy atom. The molecule has 0 aliphatic rings. The van der Waals surface area contributed by atoms with Crippen molar-refractivity contribution in [1.29, 1.82) is 0 Å². The Kier molecular flexibility index (Phi) is 7.48. The van der Waals surface area contributed by atoms with E-state index in [0.717, 1.165) is 17.0 Å². The fraction of sp³-hybridized carbons (Fsp3) is 0.0833. The molecule has 0 fully saturated rings. The molecule has 0 bridgehead atoms. The molecular weight excluding hydrogens is 468 g/mol. The van der Waals surface area contributed by atoms with Gasteiger partial charge in [0.25, 0.3) is 11.6 Å². The van der Waals surface area contributed by atoms with Crippen molar-refractivity contribution in [1.82, 2.24) is 20.2 Å². The van der Waals surface area contributed by atoms with Crippen molar-refractivity contribution >= 4 is 29.6 Å². The predicted octanol–water partition coefficient (Wildman–Crippen LogP) is 4.09. The summed E-state index contributed by atoms with van der Waals surface area (Å²) in [6.45, 7) is 0. The largest absolute Gasteiger partial charge is 0.497 e. The number of aromatic nitrogens is 3. The van der Waals surface area contributed by atoms with E-state index in [0.29, 0.717) is 16.5 Å². The molecule has 0 saturated heterocycles. The highest BCUT2D eigenvalue weighted by Gasteiger charge is 2.17. The van der Waals surface area contributed by atoms with Crippen LogP contribution in [0.25, 0.3) is 17.1 Å². The molecule has 1 N–H and O–H groups in total. The monoisotopic (exact) mass is 488 g/mol. The van der Waals surface area contributed by atoms with Crippen molar-refractivity contribution in [3.05, 3.63) is 94.5 Å². The molecule has 4 aromatic rings. The number of ether oxygens (including phenoxy) is 1. The van der Waals surface area contributed by atoms with Gasteiger partial charge in [0, 0.05) is 28.9 Å². The standard InChI is InChI=1S/C24H20N6O4S/c1-34-21-12-10-19(11-13-21)29-23(18-7-3-2-4-8-18)27-28-24(29)35-16-22(31)26-25-15-17-6-5-9-20(14-17)30(32)33/h2-15H,16H2,1H3,(H,26,31)/b25-15+. The molecule has 3 aromatic carbocycles. The van der Waals surface area contributed by atoms with Gasteiger partial charge in [-0.25, -0.2) is 5.43 Å². The third-order valence-electron chi connectivity index (χ3n) is 4.81. The van der Waals surface area contributed by atoms with Gasteiger partial charge in [-0.2, -0.15) is 5.10 Å². The first kappa shape index (κ1) is 23.6. The fourth-order valence-corrected chi connectivity index (χ4v) is 3.91. The number of hydrogen-bond donors (Lipinski definition) is 1. The van der Waals surface area contributed by atoms with Crippen molar-refractivity contribution < 1.29 is 14.5 Å². The van der Waals surface area contributed by atoms with Gasteiger partial charge in [0.15, 0.2) is 11.0 Å². The molecule has 11 heteroatoms. The lowest BCUT2D eigenvalue weighted by Gasteiger charge is -2.11. The minimum absolute atomic E-state index is 0.0371. The number of nitrogens with one attached hydrogen (secondary N) is 1. The zero-order valence-electron chi connectivity index (χ0n) is 18.6. The average molecular weight is 489 g/mol. The van der Waals surface area contributed by atoms with E-state index < -0.39 is 4.92 Å². The summed E-state index contributed by atoms with van der Waals surface area (Å²) < 4.78 is 7.13. The lowest BCUT2D eigenvalue weighted by molar-refractivity contribution is -0.384. The van der Waals surface area contributed by atoms with Crippen LogP contribution in [0, 0.1) is 10.1 Å². The fourth-order valence-electron chi connectivity index (χ4n) is 3.16. The van der Waals surface area contributed by atoms with E-state index in [9.17, 15) is 14.9 Å². The van der Waals surface area contributed by atoms with E-state index in [1.807, 2.05) is 59.2 Å². The van der Waals surface area contributed by atoms with Crippen molar-refractivity contribution in [3.63, 3.8) is 0 Å². The topological polar surface area (TPSA) is 125 Å². The van der Waals surface area contributed by atoms with Crippen molar-refractivity contribution in [3.8, 4) is 22.8 Å². The van der Waals surface area contributed by atoms with Gasteiger partial charge in [-0.05, 0) is 24.3 Å². The number of thioether (sulfide) groups is 1. The Morgan fingerprint density at radius 3 is 2.60 bits per heavy atom. The SMILES string of the molecule is COc1ccc(-n2c(SCC(=O)N/N=C/c3cccc([N+](=O)[O-])c3)nnc2-c2ccccc2)cc1. The zero-order chi connectivity index (χ0) is 24.6. The molecule has 0 atom stereocenters. The second kappa shape index (κ2) is 11.1. The molecule has 0 spiro atoms. The predicted molar refractivity (Wildman–Crippen MR) is 133 cm³/mol. The molecule has 4 rings (SSSR count). The van der Waals surface area contributed by atoms with Crippen molar-refractivity contribution in [2.24, 2.45) is 5.10 Å². The number of non-ortho nitro benzene ring substituents is 1. The summed E-state index contributed by atoms with van der Waals surface area (Å²) >= 11 is 1.21. The van der Waals surface area contributed by atoms with Crippen LogP contribution >= 0.6 is 11.8 Å². The number of methoxy groups -OCH3 is 1. The summed E-state index contributed by atoms with van der Waals surface area (Å²) in [6, 6.07) is 23.1. The summed E-state index contributed by atoms with van der Waals surface area (Å²) in [7, 11) is 1.60. The molecule has 176 valence electrons. The molecule has 0 saturated carbocycles. The third-order valence-corrected chi connectivity index (χ3v) is 5.74. The lowest BCUT2D eigenvalue weighted by Crippen LogP contribution is -2.20. The highest BCUT2D eigenvalue weighted by atomic mass is 32.2. The molecule has 0 radical (unpaired) electrons. The summed E-state index contributed by atoms with van der Waals surface area (Å²) in [6.07, 6.45) is 1.35. The van der Waals surface area contributed by atoms with Crippen LogP contribution in [0.1, 0.15) is 5.56 Å². The van der Waals surface area contributed by atoms with Gasteiger partial charge in [-0.15, -0.1) is 10.2 Å². The quantitative estimate of drug-likeness (QED) is 0.163. The first-order valence-corrected chi connectivity index (χ1v) is 11.4. The summed E-state index contributed by atoms with van der Waals surface area (Å²) in [5.74, 6) is 1.04. The van der Waals surface area contributed by atoms with Crippen LogP contribution < -0.4 is 10.2 Å². The number of carbonyl (C=O) groups is 1. The van der Waals surface area contributed by atoms with Crippen LogP contribution in [0.2, 0.25) is 0 Å². The molecular formula is C24H20N6O4S. The van der Waals surface area contributed by atoms with E-state index in [1.54, 1.807) is 19.2 Å². The number of hydrogen-bond acceptors (Lipinski definition) is 8. The van der Waals surface area contributed by atoms with Gasteiger partial charge in [0.05, 0.1) is 24.0 Å². The highest BCUT2D eigenvalue weighted by Crippen LogP contribution is 2.28. The summed E-state index contributed by atoms with van der Waals surface area (Å²) in [5, 5.41) is 24.0. The Hall–Kier alpha value is -4.51. The van der Waals surface area contributed by atoms with E-state index in [2.05, 4.69) is 20.7 Å². The van der Waals surface area contributed by atoms with E-state index in [-0.39, 0.29) is 17.3 Å². The van der Waals surface area contributed by atoms with E-state index >= 15 is 0 Å². The van der Waals surface area contributed by atoms with Crippen LogP contribution in [0.4, 0.5) is 5.69 Å². The molecule has 1 heterocycles. The first-order valence-electron chi connectivity index (χ1n) is 10.4. The third kappa shape index (κ3) is 5.89. The lowest BCUT2D eigenvalue weighted by atomic mass is 10.2. The van der Waals surface area contributed by atoms with Crippen LogP contribution in [-0.4, -0.2) is 44.7 Å². The van der Waals surface area contributed by atoms with E-state index in [1.165, 1.54) is 30.1 Å². The van der Waals surface area contributed by atoms with E-state index in [4.69, 9.17) is 4.74 Å². The van der Waals surface area contributed by atoms with Gasteiger partial charge in [-0.3, -0.25) is 19.5 Å². The number of nitro groups is 1. The van der Waals surface area contributed by atoms with Crippen molar-refractivity contribution in [2.45, 2.75) is 5.16 Å². The van der Waals surface area contributed by atoms with Gasteiger partial charge < -0.3 is 4.74 Å². The minimum atomic E-state index is -0.491. The Bertz CT molecular complexity index is 1360. The molecule has 1 amide bonds. The van der Waals surface area contributed by atoms with Crippen LogP contribution in [0.3, 0.4) is 0 Å². The summed E-state index contributed by atoms with van der Waals surface area (Å²) in [5.41, 5.74) is 4.58. The number of amides is 1. The summed E-state index contributed by atoms with van der Waals surface area (Å²) in [4.78, 5) is 22.7. The molecule has 0 aliphatic heterocycles. The zero-order valence-corrected chi connectivity index (χ0v) is 19.4. The number of hydrazone groups is 1. The number of nitro benzene ring substituents is 1. The molecule has 0 unspecified atom stereocenters. The Balaban J connectivity index is 1.48. The highest BCUT2D eigenvalue weighted by molar-refractivity contribution is 7.99.